The van der Waals surface area contributed by atoms with E-state index in [1.807, 2.05) is 31.2 Å². The van der Waals surface area contributed by atoms with Crippen molar-refractivity contribution in [2.24, 2.45) is 10.2 Å². The summed E-state index contributed by atoms with van der Waals surface area (Å²) in [4.78, 5) is 8.06. The van der Waals surface area contributed by atoms with Crippen molar-refractivity contribution < 1.29 is 0 Å². The maximum absolute atomic E-state index is 4.12. The van der Waals surface area contributed by atoms with Crippen molar-refractivity contribution in [3.8, 4) is 0 Å². The van der Waals surface area contributed by atoms with Gasteiger partial charge in [0, 0.05) is 11.9 Å². The second kappa shape index (κ2) is 4.41. The molecule has 4 nitrogen and oxygen atoms in total. The van der Waals surface area contributed by atoms with Crippen molar-refractivity contribution in [3.05, 3.63) is 48.5 Å². The first kappa shape index (κ1) is 9.45. The van der Waals surface area contributed by atoms with Gasteiger partial charge < -0.3 is 0 Å². The van der Waals surface area contributed by atoms with Gasteiger partial charge in [-0.2, -0.15) is 0 Å². The molecule has 2 aromatic heterocycles. The molecule has 4 heteroatoms. The highest BCUT2D eigenvalue weighted by Crippen LogP contribution is 2.15. The molecule has 0 aliphatic carbocycles. The van der Waals surface area contributed by atoms with E-state index in [4.69, 9.17) is 0 Å². The van der Waals surface area contributed by atoms with Gasteiger partial charge in [-0.05, 0) is 31.2 Å². The predicted molar refractivity (Wildman–Crippen MR) is 57.4 cm³/mol. The summed E-state index contributed by atoms with van der Waals surface area (Å²) in [6.07, 6.45) is 5.05. The first-order valence-electron chi connectivity index (χ1n) is 4.59. The second-order valence-corrected chi connectivity index (χ2v) is 3.07. The summed E-state index contributed by atoms with van der Waals surface area (Å²) in [6, 6.07) is 7.44. The van der Waals surface area contributed by atoms with Crippen molar-refractivity contribution in [1.29, 1.82) is 0 Å². The molecule has 0 aromatic carbocycles. The van der Waals surface area contributed by atoms with Crippen LogP contribution in [-0.2, 0) is 0 Å². The zero-order chi connectivity index (χ0) is 10.5. The van der Waals surface area contributed by atoms with Gasteiger partial charge in [0.1, 0.15) is 11.4 Å². The predicted octanol–water partition coefficient (Wildman–Crippen LogP) is 3.20. The summed E-state index contributed by atoms with van der Waals surface area (Å²) >= 11 is 0. The monoisotopic (exact) mass is 198 g/mol. The van der Waals surface area contributed by atoms with Crippen LogP contribution in [0.5, 0.6) is 0 Å². The number of hydrogen-bond acceptors (Lipinski definition) is 4. The minimum absolute atomic E-state index is 0.734. The average Bonchev–Trinajstić information content (AvgIpc) is 2.30. The van der Waals surface area contributed by atoms with Crippen LogP contribution < -0.4 is 0 Å². The highest BCUT2D eigenvalue weighted by molar-refractivity contribution is 5.36. The van der Waals surface area contributed by atoms with Crippen molar-refractivity contribution >= 4 is 11.4 Å². The van der Waals surface area contributed by atoms with E-state index in [2.05, 4.69) is 20.2 Å². The van der Waals surface area contributed by atoms with Crippen LogP contribution in [0.25, 0.3) is 0 Å². The van der Waals surface area contributed by atoms with E-state index in [0.717, 1.165) is 17.1 Å². The lowest BCUT2D eigenvalue weighted by Gasteiger charge is -1.92. The summed E-state index contributed by atoms with van der Waals surface area (Å²) in [5.74, 6) is 0. The van der Waals surface area contributed by atoms with Crippen LogP contribution in [0.15, 0.2) is 53.1 Å². The van der Waals surface area contributed by atoms with Gasteiger partial charge in [-0.3, -0.25) is 9.97 Å². The Labute approximate surface area is 87.7 Å². The van der Waals surface area contributed by atoms with Crippen LogP contribution in [-0.4, -0.2) is 9.97 Å². The van der Waals surface area contributed by atoms with Gasteiger partial charge in [-0.25, -0.2) is 0 Å². The Hall–Kier alpha value is -2.10. The van der Waals surface area contributed by atoms with Crippen LogP contribution in [0.2, 0.25) is 0 Å². The van der Waals surface area contributed by atoms with E-state index in [1.165, 1.54) is 0 Å². The van der Waals surface area contributed by atoms with Crippen LogP contribution in [0, 0.1) is 6.92 Å². The maximum atomic E-state index is 4.12. The lowest BCUT2D eigenvalue weighted by atomic mass is 10.3. The van der Waals surface area contributed by atoms with Crippen LogP contribution >= 0.6 is 0 Å². The molecule has 0 amide bonds. The number of aryl methyl sites for hydroxylation is 1. The third kappa shape index (κ3) is 2.67. The maximum Gasteiger partial charge on any atom is 0.104 e. The number of nitrogens with zero attached hydrogens (tertiary/aromatic N) is 4. The summed E-state index contributed by atoms with van der Waals surface area (Å²) in [5.41, 5.74) is 2.44. The second-order valence-electron chi connectivity index (χ2n) is 3.07. The first-order chi connectivity index (χ1) is 7.34. The normalized spacial score (nSPS) is 10.7. The Kier molecular flexibility index (Phi) is 2.78. The zero-order valence-electron chi connectivity index (χ0n) is 8.33. The molecule has 0 N–H and O–H groups in total. The molecule has 0 fully saturated rings. The number of azo groups is 1. The Balaban J connectivity index is 2.15. The topological polar surface area (TPSA) is 50.5 Å². The molecule has 0 bridgehead atoms. The van der Waals surface area contributed by atoms with Gasteiger partial charge >= 0.3 is 0 Å². The smallest absolute Gasteiger partial charge is 0.104 e. The van der Waals surface area contributed by atoms with E-state index < -0.39 is 0 Å². The molecule has 0 saturated heterocycles. The fraction of sp³-hybridized carbons (Fsp3) is 0.0909. The summed E-state index contributed by atoms with van der Waals surface area (Å²) < 4.78 is 0. The molecule has 0 radical (unpaired) electrons. The van der Waals surface area contributed by atoms with Crippen LogP contribution in [0.4, 0.5) is 11.4 Å². The molecule has 0 spiro atoms. The molecule has 0 atom stereocenters. The summed E-state index contributed by atoms with van der Waals surface area (Å²) in [5, 5.41) is 8.07. The van der Waals surface area contributed by atoms with E-state index >= 15 is 0 Å². The molecular weight excluding hydrogens is 188 g/mol. The van der Waals surface area contributed by atoms with Crippen molar-refractivity contribution in [1.82, 2.24) is 9.97 Å². The highest BCUT2D eigenvalue weighted by atomic mass is 15.1. The number of hydrogen-bond donors (Lipinski definition) is 0. The Morgan fingerprint density at radius 1 is 1.00 bits per heavy atom. The summed E-state index contributed by atoms with van der Waals surface area (Å²) in [6.45, 7) is 1.93. The zero-order valence-corrected chi connectivity index (χ0v) is 8.33. The van der Waals surface area contributed by atoms with Gasteiger partial charge in [0.05, 0.1) is 12.4 Å². The van der Waals surface area contributed by atoms with E-state index in [0.29, 0.717) is 0 Å². The van der Waals surface area contributed by atoms with Gasteiger partial charge in [0.15, 0.2) is 0 Å². The third-order valence-corrected chi connectivity index (χ3v) is 1.82. The molecule has 0 aliphatic heterocycles. The standard InChI is InChI=1S/C11H10N4/c1-9-4-5-11(8-13-9)15-14-10-3-2-6-12-7-10/h2-8H,1H3. The minimum Gasteiger partial charge on any atom is -0.262 e. The Morgan fingerprint density at radius 2 is 1.80 bits per heavy atom. The average molecular weight is 198 g/mol. The molecule has 74 valence electrons. The van der Waals surface area contributed by atoms with Crippen molar-refractivity contribution in [2.45, 2.75) is 6.92 Å². The molecule has 0 aliphatic rings. The number of aromatic nitrogens is 2. The quantitative estimate of drug-likeness (QED) is 0.696. The van der Waals surface area contributed by atoms with E-state index in [9.17, 15) is 0 Å². The Bertz CT molecular complexity index is 448. The number of rotatable bonds is 2. The third-order valence-electron chi connectivity index (χ3n) is 1.82. The molecule has 15 heavy (non-hydrogen) atoms. The van der Waals surface area contributed by atoms with Crippen LogP contribution in [0.1, 0.15) is 5.69 Å². The summed E-state index contributed by atoms with van der Waals surface area (Å²) in [7, 11) is 0. The SMILES string of the molecule is Cc1ccc(N=Nc2cccnc2)cn1. The molecule has 0 saturated carbocycles. The van der Waals surface area contributed by atoms with Crippen LogP contribution in [0.3, 0.4) is 0 Å². The molecule has 2 heterocycles. The van der Waals surface area contributed by atoms with Crippen molar-refractivity contribution in [2.75, 3.05) is 0 Å². The lowest BCUT2D eigenvalue weighted by Crippen LogP contribution is -1.75. The molecule has 2 rings (SSSR count). The fourth-order valence-corrected chi connectivity index (χ4v) is 1.05. The molecular formula is C11H10N4. The molecule has 0 unspecified atom stereocenters. The van der Waals surface area contributed by atoms with Gasteiger partial charge in [-0.15, -0.1) is 10.2 Å². The molecule has 2 aromatic rings. The van der Waals surface area contributed by atoms with Gasteiger partial charge in [0.25, 0.3) is 0 Å². The largest absolute Gasteiger partial charge is 0.262 e. The lowest BCUT2D eigenvalue weighted by molar-refractivity contribution is 1.15. The van der Waals surface area contributed by atoms with E-state index in [-0.39, 0.29) is 0 Å². The number of pyridine rings is 2. The minimum atomic E-state index is 0.734. The van der Waals surface area contributed by atoms with Gasteiger partial charge in [0.2, 0.25) is 0 Å². The highest BCUT2D eigenvalue weighted by Gasteiger charge is 1.90. The van der Waals surface area contributed by atoms with Gasteiger partial charge in [-0.1, -0.05) is 0 Å². The fourth-order valence-electron chi connectivity index (χ4n) is 1.05. The first-order valence-corrected chi connectivity index (χ1v) is 4.59. The Morgan fingerprint density at radius 3 is 2.40 bits per heavy atom. The van der Waals surface area contributed by atoms with E-state index in [1.54, 1.807) is 18.6 Å². The van der Waals surface area contributed by atoms with Crippen molar-refractivity contribution in [3.63, 3.8) is 0 Å².